The molecule has 2 aliphatic heterocycles. The molecule has 3 N–H and O–H groups in total. The van der Waals surface area contributed by atoms with E-state index in [4.69, 9.17) is 9.47 Å². The van der Waals surface area contributed by atoms with Crippen molar-refractivity contribution in [2.24, 2.45) is 0 Å². The summed E-state index contributed by atoms with van der Waals surface area (Å²) in [5, 5.41) is 21.8. The largest absolute Gasteiger partial charge is 0.501 e. The molecule has 1 fully saturated rings. The Kier molecular flexibility index (Phi) is 9.87. The fourth-order valence-corrected chi connectivity index (χ4v) is 7.59. The van der Waals surface area contributed by atoms with Gasteiger partial charge in [0.25, 0.3) is 5.91 Å². The smallest absolute Gasteiger partial charge is 0.254 e. The summed E-state index contributed by atoms with van der Waals surface area (Å²) in [4.78, 5) is 42.9. The number of nitrogens with one attached hydrogen (secondary N) is 1. The Hall–Kier alpha value is -2.86. The lowest BCUT2D eigenvalue weighted by Crippen LogP contribution is -2.73. The molecule has 2 aromatic carbocycles. The van der Waals surface area contributed by atoms with Crippen LogP contribution in [-0.4, -0.2) is 149 Å². The van der Waals surface area contributed by atoms with Gasteiger partial charge in [0, 0.05) is 42.2 Å². The number of likely N-dealkylation sites (N-methyl/N-ethyl adjacent to an activating group) is 1. The van der Waals surface area contributed by atoms with E-state index in [-0.39, 0.29) is 28.8 Å². The molecule has 0 aliphatic carbocycles. The molecule has 0 radical (unpaired) electrons. The molecule has 254 valence electrons. The van der Waals surface area contributed by atoms with E-state index in [1.54, 1.807) is 55.7 Å². The first-order valence-electron chi connectivity index (χ1n) is 16.7. The van der Waals surface area contributed by atoms with Gasteiger partial charge in [-0.2, -0.15) is 0 Å². The highest BCUT2D eigenvalue weighted by atomic mass is 19.1. The van der Waals surface area contributed by atoms with E-state index < -0.39 is 50.7 Å². The van der Waals surface area contributed by atoms with Crippen LogP contribution >= 0.6 is 0 Å². The van der Waals surface area contributed by atoms with Gasteiger partial charge in [-0.25, -0.2) is 4.39 Å². The quantitative estimate of drug-likeness (QED) is 0.169. The van der Waals surface area contributed by atoms with Crippen molar-refractivity contribution in [2.75, 3.05) is 20.1 Å². The molecule has 3 unspecified atom stereocenters. The molecule has 3 atom stereocenters. The highest BCUT2D eigenvalue weighted by molar-refractivity contribution is 6.44. The predicted octanol–water partition coefficient (Wildman–Crippen LogP) is -6.66. The van der Waals surface area contributed by atoms with E-state index >= 15 is 4.39 Å². The summed E-state index contributed by atoms with van der Waals surface area (Å²) in [6.07, 6.45) is 0.144. The Bertz CT molecular complexity index is 1660. The molecule has 0 aromatic heterocycles. The third-order valence-electron chi connectivity index (χ3n) is 10.4. The lowest BCUT2D eigenvalue weighted by molar-refractivity contribution is -0.186. The van der Waals surface area contributed by atoms with Gasteiger partial charge < -0.3 is 39.6 Å². The van der Waals surface area contributed by atoms with Crippen LogP contribution in [-0.2, 0) is 30.4 Å². The molecule has 4 rings (SSSR count). The lowest BCUT2D eigenvalue weighted by atomic mass is 9.52. The molecule has 2 aliphatic rings. The molecular formula is C30H46B8FN3O7. The van der Waals surface area contributed by atoms with E-state index in [1.807, 2.05) is 6.07 Å². The van der Waals surface area contributed by atoms with Crippen molar-refractivity contribution >= 4 is 80.9 Å². The Morgan fingerprint density at radius 2 is 1.61 bits per heavy atom. The average molecular weight is 666 g/mol. The van der Waals surface area contributed by atoms with Crippen LogP contribution in [0, 0.1) is 5.82 Å². The van der Waals surface area contributed by atoms with Gasteiger partial charge in [-0.15, -0.1) is 0 Å². The summed E-state index contributed by atoms with van der Waals surface area (Å²) in [5.41, 5.74) is -3.72. The topological polar surface area (TPSA) is 129 Å². The molecule has 1 saturated heterocycles. The Morgan fingerprint density at radius 3 is 2.14 bits per heavy atom. The maximum Gasteiger partial charge on any atom is 0.254 e. The number of hydrogen-bond donors (Lipinski definition) is 3. The Morgan fingerprint density at radius 1 is 1.04 bits per heavy atom. The highest BCUT2D eigenvalue weighted by Gasteiger charge is 2.59. The van der Waals surface area contributed by atoms with E-state index in [2.05, 4.69) is 53.6 Å². The number of morpholine rings is 1. The fourth-order valence-electron chi connectivity index (χ4n) is 7.59. The van der Waals surface area contributed by atoms with Crippen LogP contribution in [0.3, 0.4) is 0 Å². The molecule has 19 heteroatoms. The summed E-state index contributed by atoms with van der Waals surface area (Å²) < 4.78 is 28.8. The van der Waals surface area contributed by atoms with E-state index in [1.165, 1.54) is 18.0 Å². The lowest BCUT2D eigenvalue weighted by Gasteiger charge is -2.53. The molecule has 2 heterocycles. The van der Waals surface area contributed by atoms with Crippen molar-refractivity contribution in [2.45, 2.75) is 72.0 Å². The van der Waals surface area contributed by atoms with Crippen molar-refractivity contribution in [3.8, 4) is 5.75 Å². The molecule has 2 aromatic rings. The van der Waals surface area contributed by atoms with Crippen molar-refractivity contribution < 1.29 is 38.5 Å². The van der Waals surface area contributed by atoms with Crippen molar-refractivity contribution in [3.05, 3.63) is 64.5 Å². The summed E-state index contributed by atoms with van der Waals surface area (Å²) >= 11 is 0. The summed E-state index contributed by atoms with van der Waals surface area (Å²) in [6, 6.07) is 8.29. The minimum atomic E-state index is -2.40. The second-order valence-corrected chi connectivity index (χ2v) is 16.7. The van der Waals surface area contributed by atoms with Crippen molar-refractivity contribution in [3.63, 3.8) is 0 Å². The zero-order valence-electron chi connectivity index (χ0n) is 31.2. The number of nitrogens with zero attached hydrogens (tertiary/aromatic N) is 2. The second kappa shape index (κ2) is 12.4. The number of aldehydes is 1. The second-order valence-electron chi connectivity index (χ2n) is 16.7. The van der Waals surface area contributed by atoms with Crippen LogP contribution in [0.4, 0.5) is 4.39 Å². The Balaban J connectivity index is 1.78. The number of aliphatic hydroxyl groups is 2. The first-order valence-corrected chi connectivity index (χ1v) is 16.7. The number of ether oxygens (including phenoxy) is 2. The third-order valence-corrected chi connectivity index (χ3v) is 10.4. The van der Waals surface area contributed by atoms with Gasteiger partial charge in [-0.3, -0.25) is 9.59 Å². The minimum absolute atomic E-state index is 0.144. The zero-order valence-corrected chi connectivity index (χ0v) is 31.2. The maximum atomic E-state index is 15.8. The number of carbonyl (C=O) groups is 3. The highest BCUT2D eigenvalue weighted by Crippen LogP contribution is 2.45. The van der Waals surface area contributed by atoms with Crippen LogP contribution in [0.5, 0.6) is 5.75 Å². The molecule has 0 spiro atoms. The summed E-state index contributed by atoms with van der Waals surface area (Å²) in [6.45, 7) is 9.63. The third kappa shape index (κ3) is 6.80. The molecule has 0 bridgehead atoms. The van der Waals surface area contributed by atoms with Crippen LogP contribution in [0.2, 0.25) is 0 Å². The van der Waals surface area contributed by atoms with Crippen molar-refractivity contribution in [1.29, 1.82) is 0 Å². The number of carbonyl (C=O) groups excluding carboxylic acids is 3. The minimum Gasteiger partial charge on any atom is -0.501 e. The average Bonchev–Trinajstić information content (AvgIpc) is 3.16. The first-order chi connectivity index (χ1) is 22.2. The van der Waals surface area contributed by atoms with Crippen LogP contribution in [0.1, 0.15) is 54.7 Å². The monoisotopic (exact) mass is 667 g/mol. The van der Waals surface area contributed by atoms with Gasteiger partial charge in [-0.05, 0) is 56.8 Å². The summed E-state index contributed by atoms with van der Waals surface area (Å²) in [7, 11) is 14.7. The van der Waals surface area contributed by atoms with Gasteiger partial charge in [-0.1, -0.05) is 18.2 Å². The number of halogens is 1. The number of hydrogen-bond acceptors (Lipinski definition) is 8. The standard InChI is InChI=1S/C30H46B8FN3O7/c1-24(2)12-41(13-25(3,4)49-24)28(33,34)15-9-10-18(39)17(11-15)30(37,38)48-19-8-6-7-16-20(19)29(35,36)42(23(16)45)21(22(44)40-5)27(32,47)26(31,46)14-43/h6-11,14,21,46-47H,12-13,31-38H2,1-5H3,(H,40,44). The normalized spacial score (nSPS) is 21.9. The number of rotatable bonds is 10. The van der Waals surface area contributed by atoms with Crippen LogP contribution < -0.4 is 10.1 Å². The molecule has 2 amide bonds. The van der Waals surface area contributed by atoms with E-state index in [0.717, 1.165) is 21.3 Å². The van der Waals surface area contributed by atoms with Gasteiger partial charge in [0.15, 0.2) is 23.5 Å². The number of benzene rings is 2. The van der Waals surface area contributed by atoms with E-state index in [9.17, 15) is 24.6 Å². The predicted molar refractivity (Wildman–Crippen MR) is 208 cm³/mol. The maximum absolute atomic E-state index is 15.8. The van der Waals surface area contributed by atoms with Gasteiger partial charge in [0.05, 0.1) is 22.1 Å². The molecular weight excluding hydrogens is 620 g/mol. The zero-order chi connectivity index (χ0) is 37.3. The number of fused-ring (bicyclic) bond motifs is 1. The van der Waals surface area contributed by atoms with Crippen LogP contribution in [0.25, 0.3) is 0 Å². The fraction of sp³-hybridized carbons (Fsp3) is 0.500. The molecule has 10 nitrogen and oxygen atoms in total. The first kappa shape index (κ1) is 38.9. The molecule has 49 heavy (non-hydrogen) atoms. The van der Waals surface area contributed by atoms with E-state index in [0.29, 0.717) is 24.2 Å². The summed E-state index contributed by atoms with van der Waals surface area (Å²) in [5.74, 6) is -1.56. The van der Waals surface area contributed by atoms with Gasteiger partial charge >= 0.3 is 0 Å². The van der Waals surface area contributed by atoms with Crippen LogP contribution in [0.15, 0.2) is 36.4 Å². The Labute approximate surface area is 296 Å². The molecule has 0 saturated carbocycles. The van der Waals surface area contributed by atoms with Crippen molar-refractivity contribution in [1.82, 2.24) is 15.1 Å². The SMILES string of the molecule is BC(B)(Oc1cccc2c1C(B)(B)N(C(C(=O)NC)C(B)(O)C(B)(O)C=O)C2=O)c1cc(C(B)(B)N2CC(C)(C)OC(C)(C)C2)ccc1F. The van der Waals surface area contributed by atoms with Gasteiger partial charge in [0.1, 0.15) is 68.6 Å². The van der Waals surface area contributed by atoms with Gasteiger partial charge in [0.2, 0.25) is 5.91 Å². The number of amides is 2.